The number of hydrogen-bond donors (Lipinski definition) is 1. The first-order valence-electron chi connectivity index (χ1n) is 9.98. The van der Waals surface area contributed by atoms with Gasteiger partial charge in [-0.2, -0.15) is 0 Å². The molecule has 1 heterocycles. The molecule has 0 saturated heterocycles. The maximum Gasteiger partial charge on any atom is 0.246 e. The van der Waals surface area contributed by atoms with Crippen LogP contribution in [-0.2, 0) is 22.5 Å². The lowest BCUT2D eigenvalue weighted by atomic mass is 9.87. The average Bonchev–Trinajstić information content (AvgIpc) is 2.72. The van der Waals surface area contributed by atoms with Gasteiger partial charge < -0.3 is 19.5 Å². The summed E-state index contributed by atoms with van der Waals surface area (Å²) in [7, 11) is 4.72. The molecule has 30 heavy (non-hydrogen) atoms. The Hall–Kier alpha value is -2.64. The first-order chi connectivity index (χ1) is 14.5. The molecule has 1 aliphatic heterocycles. The van der Waals surface area contributed by atoms with Gasteiger partial charge >= 0.3 is 0 Å². The molecule has 0 saturated carbocycles. The van der Waals surface area contributed by atoms with E-state index in [-0.39, 0.29) is 30.4 Å². The third-order valence-electron chi connectivity index (χ3n) is 5.44. The number of benzene rings is 2. The zero-order valence-electron chi connectivity index (χ0n) is 17.9. The van der Waals surface area contributed by atoms with Gasteiger partial charge in [-0.1, -0.05) is 12.1 Å². The SMILES string of the molecule is COCC(=O)N[C@H](C)[C@H]1c2cc(OC)c(OC)cc2CCN1Cc1cccc(F)c1. The van der Waals surface area contributed by atoms with Gasteiger partial charge in [0.1, 0.15) is 12.4 Å². The third-order valence-corrected chi connectivity index (χ3v) is 5.44. The highest BCUT2D eigenvalue weighted by atomic mass is 19.1. The van der Waals surface area contributed by atoms with Crippen LogP contribution in [0.3, 0.4) is 0 Å². The number of rotatable bonds is 8. The van der Waals surface area contributed by atoms with Crippen molar-refractivity contribution in [2.45, 2.75) is 32.0 Å². The van der Waals surface area contributed by atoms with Gasteiger partial charge in [0, 0.05) is 26.2 Å². The molecule has 0 aromatic heterocycles. The predicted octanol–water partition coefficient (Wildman–Crippen LogP) is 3.09. The lowest BCUT2D eigenvalue weighted by Crippen LogP contribution is -2.48. The largest absolute Gasteiger partial charge is 0.493 e. The molecular formula is C23H29FN2O4. The molecule has 0 unspecified atom stereocenters. The number of nitrogens with one attached hydrogen (secondary N) is 1. The van der Waals surface area contributed by atoms with Crippen LogP contribution in [-0.4, -0.2) is 51.3 Å². The lowest BCUT2D eigenvalue weighted by Gasteiger charge is -2.41. The van der Waals surface area contributed by atoms with Crippen LogP contribution in [0.25, 0.3) is 0 Å². The lowest BCUT2D eigenvalue weighted by molar-refractivity contribution is -0.125. The van der Waals surface area contributed by atoms with Gasteiger partial charge in [0.25, 0.3) is 0 Å². The van der Waals surface area contributed by atoms with Crippen molar-refractivity contribution in [1.29, 1.82) is 0 Å². The van der Waals surface area contributed by atoms with Crippen LogP contribution in [0.5, 0.6) is 11.5 Å². The van der Waals surface area contributed by atoms with Crippen molar-refractivity contribution < 1.29 is 23.4 Å². The fraction of sp³-hybridized carbons (Fsp3) is 0.435. The molecular weight excluding hydrogens is 387 g/mol. The molecule has 3 rings (SSSR count). The fourth-order valence-electron chi connectivity index (χ4n) is 4.17. The van der Waals surface area contributed by atoms with Crippen LogP contribution < -0.4 is 14.8 Å². The first kappa shape index (κ1) is 22.1. The van der Waals surface area contributed by atoms with E-state index in [1.165, 1.54) is 13.2 Å². The summed E-state index contributed by atoms with van der Waals surface area (Å²) < 4.78 is 29.7. The molecule has 0 bridgehead atoms. The third kappa shape index (κ3) is 4.91. The van der Waals surface area contributed by atoms with Crippen molar-refractivity contribution >= 4 is 5.91 Å². The summed E-state index contributed by atoms with van der Waals surface area (Å²) in [6, 6.07) is 10.3. The highest BCUT2D eigenvalue weighted by Crippen LogP contribution is 2.40. The quantitative estimate of drug-likeness (QED) is 0.717. The Morgan fingerprint density at radius 3 is 2.60 bits per heavy atom. The minimum atomic E-state index is -0.255. The predicted molar refractivity (Wildman–Crippen MR) is 112 cm³/mol. The monoisotopic (exact) mass is 416 g/mol. The normalized spacial score (nSPS) is 17.2. The zero-order valence-corrected chi connectivity index (χ0v) is 17.9. The van der Waals surface area contributed by atoms with Crippen LogP contribution in [0.2, 0.25) is 0 Å². The smallest absolute Gasteiger partial charge is 0.246 e. The van der Waals surface area contributed by atoms with E-state index in [1.807, 2.05) is 25.1 Å². The number of hydrogen-bond acceptors (Lipinski definition) is 5. The van der Waals surface area contributed by atoms with Gasteiger partial charge in [0.2, 0.25) is 5.91 Å². The van der Waals surface area contributed by atoms with Gasteiger partial charge in [-0.05, 0) is 54.3 Å². The molecule has 1 aliphatic rings. The van der Waals surface area contributed by atoms with Gasteiger partial charge in [-0.25, -0.2) is 4.39 Å². The van der Waals surface area contributed by atoms with Crippen molar-refractivity contribution in [2.24, 2.45) is 0 Å². The number of ether oxygens (including phenoxy) is 3. The maximum absolute atomic E-state index is 13.7. The van der Waals surface area contributed by atoms with Crippen molar-refractivity contribution in [2.75, 3.05) is 34.5 Å². The Balaban J connectivity index is 1.97. The first-order valence-corrected chi connectivity index (χ1v) is 9.98. The van der Waals surface area contributed by atoms with Crippen molar-refractivity contribution in [3.8, 4) is 11.5 Å². The Morgan fingerprint density at radius 2 is 1.93 bits per heavy atom. The summed E-state index contributed by atoms with van der Waals surface area (Å²) >= 11 is 0. The molecule has 7 heteroatoms. The van der Waals surface area contributed by atoms with E-state index in [0.29, 0.717) is 18.0 Å². The van der Waals surface area contributed by atoms with Crippen LogP contribution in [0.4, 0.5) is 4.39 Å². The molecule has 6 nitrogen and oxygen atoms in total. The molecule has 1 amide bonds. The second kappa shape index (κ2) is 9.91. The van der Waals surface area contributed by atoms with E-state index >= 15 is 0 Å². The number of fused-ring (bicyclic) bond motifs is 1. The summed E-state index contributed by atoms with van der Waals surface area (Å²) in [6.45, 7) is 3.32. The van der Waals surface area contributed by atoms with E-state index in [9.17, 15) is 9.18 Å². The number of carbonyl (C=O) groups is 1. The highest BCUT2D eigenvalue weighted by Gasteiger charge is 2.33. The van der Waals surface area contributed by atoms with Gasteiger partial charge in [-0.3, -0.25) is 9.69 Å². The molecule has 0 radical (unpaired) electrons. The van der Waals surface area contributed by atoms with Crippen molar-refractivity contribution in [1.82, 2.24) is 10.2 Å². The van der Waals surface area contributed by atoms with Crippen LogP contribution in [0.1, 0.15) is 29.7 Å². The number of methoxy groups -OCH3 is 3. The Bertz CT molecular complexity index is 890. The molecule has 162 valence electrons. The average molecular weight is 416 g/mol. The standard InChI is InChI=1S/C23H29FN2O4/c1-15(25-22(27)14-28-2)23-19-12-21(30-4)20(29-3)11-17(19)8-9-26(23)13-16-6-5-7-18(24)10-16/h5-7,10-12,15,23H,8-9,13-14H2,1-4H3,(H,25,27)/t15-,23+/m1/s1. The fourth-order valence-corrected chi connectivity index (χ4v) is 4.17. The van der Waals surface area contributed by atoms with Crippen LogP contribution in [0.15, 0.2) is 36.4 Å². The minimum Gasteiger partial charge on any atom is -0.493 e. The molecule has 2 atom stereocenters. The van der Waals surface area contributed by atoms with Gasteiger partial charge in [-0.15, -0.1) is 0 Å². The van der Waals surface area contributed by atoms with E-state index in [0.717, 1.165) is 29.7 Å². The Labute approximate surface area is 176 Å². The number of carbonyl (C=O) groups excluding carboxylic acids is 1. The highest BCUT2D eigenvalue weighted by molar-refractivity contribution is 5.77. The summed E-state index contributed by atoms with van der Waals surface area (Å²) in [5, 5.41) is 3.03. The molecule has 2 aromatic rings. The Kier molecular flexibility index (Phi) is 7.29. The van der Waals surface area contributed by atoms with Crippen LogP contribution >= 0.6 is 0 Å². The van der Waals surface area contributed by atoms with Gasteiger partial charge in [0.05, 0.1) is 20.3 Å². The summed E-state index contributed by atoms with van der Waals surface area (Å²) in [5.74, 6) is 0.895. The van der Waals surface area contributed by atoms with Crippen molar-refractivity contribution in [3.63, 3.8) is 0 Å². The molecule has 2 aromatic carbocycles. The van der Waals surface area contributed by atoms with Gasteiger partial charge in [0.15, 0.2) is 11.5 Å². The minimum absolute atomic E-state index is 0.000251. The summed E-state index contributed by atoms with van der Waals surface area (Å²) in [6.07, 6.45) is 0.820. The van der Waals surface area contributed by atoms with Crippen LogP contribution in [0, 0.1) is 5.82 Å². The van der Waals surface area contributed by atoms with E-state index in [4.69, 9.17) is 14.2 Å². The molecule has 0 spiro atoms. The maximum atomic E-state index is 13.7. The molecule has 0 aliphatic carbocycles. The zero-order chi connectivity index (χ0) is 21.7. The van der Waals surface area contributed by atoms with E-state index in [2.05, 4.69) is 10.2 Å². The topological polar surface area (TPSA) is 60.0 Å². The second-order valence-electron chi connectivity index (χ2n) is 7.49. The number of amides is 1. The van der Waals surface area contributed by atoms with Crippen molar-refractivity contribution in [3.05, 3.63) is 58.9 Å². The molecule has 0 fully saturated rings. The number of halogens is 1. The second-order valence-corrected chi connectivity index (χ2v) is 7.49. The summed E-state index contributed by atoms with van der Waals surface area (Å²) in [5.41, 5.74) is 3.11. The number of nitrogens with zero attached hydrogens (tertiary/aromatic N) is 1. The van der Waals surface area contributed by atoms with E-state index < -0.39 is 0 Å². The van der Waals surface area contributed by atoms with E-state index in [1.54, 1.807) is 26.4 Å². The summed E-state index contributed by atoms with van der Waals surface area (Å²) in [4.78, 5) is 14.5. The Morgan fingerprint density at radius 1 is 1.20 bits per heavy atom. The molecule has 1 N–H and O–H groups in total.